The summed E-state index contributed by atoms with van der Waals surface area (Å²) in [5.41, 5.74) is 20.1. The summed E-state index contributed by atoms with van der Waals surface area (Å²) in [6.07, 6.45) is 132. The van der Waals surface area contributed by atoms with E-state index in [2.05, 4.69) is 89.2 Å². The zero-order chi connectivity index (χ0) is 82.7. The standard InChI is InChI=1S/C53H86N2.2C30H61.Pd/c1-4-7-10-12-14-16-18-20-22-24-26-28-30-33-37-47-39-35-42-49(44-47)52-46-51(41-32-9-6-3)53(55(52)54)50-43-36-40-48(45-50)38-34-31-29-27-25-23-21-19-17-15-13-11-8-5-2;2*1-3-5-7-9-11-13-15-17-19-21-23-25-27-29-30-28-26-24-22-20-18-16-14-12-10-8-6-4-2;/h35-36,39-40,42-46H,4-34,37-38,41H2,1-3H3;2*1,3-30H2,2H3;. The Kier molecular flexibility index (Phi) is 87.8. The molecule has 1 aliphatic heterocycles. The first-order valence-corrected chi connectivity index (χ1v) is 56.4. The molecule has 680 valence electrons. The number of nitrogens with zero attached hydrogens (tertiary/aromatic N) is 2. The van der Waals surface area contributed by atoms with Crippen LogP contribution in [0.1, 0.15) is 622 Å². The Labute approximate surface area is 739 Å². The average molecular weight is 1700 g/mol. The van der Waals surface area contributed by atoms with E-state index in [1.165, 1.54) is 574 Å². The van der Waals surface area contributed by atoms with Crippen molar-refractivity contribution in [2.24, 2.45) is 0 Å². The topological polar surface area (TPSA) is 25.3 Å². The molecule has 0 bridgehead atoms. The van der Waals surface area contributed by atoms with E-state index in [1.807, 2.05) is 0 Å². The number of rotatable bonds is 94. The molecule has 3 heteroatoms. The van der Waals surface area contributed by atoms with Gasteiger partial charge in [-0.15, -0.1) is 0 Å². The minimum absolute atomic E-state index is 0.932. The van der Waals surface area contributed by atoms with Crippen LogP contribution in [0.3, 0.4) is 0 Å². The number of hydrogen-bond acceptors (Lipinski definition) is 0. The molecule has 0 aliphatic carbocycles. The van der Waals surface area contributed by atoms with E-state index in [9.17, 15) is 5.53 Å². The summed E-state index contributed by atoms with van der Waals surface area (Å²) in [7, 11) is 0. The van der Waals surface area contributed by atoms with Crippen molar-refractivity contribution in [3.8, 4) is 0 Å². The third-order valence-electron chi connectivity index (χ3n) is 26.3. The van der Waals surface area contributed by atoms with Gasteiger partial charge in [0.2, 0.25) is 11.4 Å². The van der Waals surface area contributed by atoms with Gasteiger partial charge in [-0.25, -0.2) is 4.70 Å². The van der Waals surface area contributed by atoms with Gasteiger partial charge in [-0.3, -0.25) is 0 Å². The van der Waals surface area contributed by atoms with Crippen LogP contribution < -0.4 is 0 Å². The van der Waals surface area contributed by atoms with Crippen LogP contribution in [0, 0.1) is 0 Å². The van der Waals surface area contributed by atoms with Crippen molar-refractivity contribution in [2.45, 2.75) is 622 Å². The molecule has 0 aromatic heterocycles. The molecule has 2 nitrogen and oxygen atoms in total. The first kappa shape index (κ1) is 110. The molecule has 0 fully saturated rings. The molecule has 0 N–H and O–H groups in total. The van der Waals surface area contributed by atoms with Crippen LogP contribution in [0.15, 0.2) is 60.2 Å². The minimum atomic E-state index is 0.932. The Morgan fingerprint density at radius 2 is 0.388 bits per heavy atom. The Morgan fingerprint density at radius 3 is 0.621 bits per heavy atom. The molecular weight excluding hydrogens is 1490 g/mol. The summed E-state index contributed by atoms with van der Waals surface area (Å²) in [5, 5.41) is 0. The molecule has 0 spiro atoms. The second-order valence-electron chi connectivity index (χ2n) is 37.8. The van der Waals surface area contributed by atoms with Crippen molar-refractivity contribution in [3.05, 3.63) is 88.0 Å². The molecule has 2 aromatic rings. The molecule has 0 saturated carbocycles. The smallest absolute Gasteiger partial charge is 0.493 e. The average Bonchev–Trinajstić information content (AvgIpc) is 1.63. The second-order valence-corrected chi connectivity index (χ2v) is 40.2. The Morgan fingerprint density at radius 1 is 0.207 bits per heavy atom. The fraction of sp³-hybridized carbons (Fsp3) is 0.858. The molecule has 0 unspecified atom stereocenters. The Bertz CT molecular complexity index is 2280. The van der Waals surface area contributed by atoms with Crippen LogP contribution in [0.4, 0.5) is 0 Å². The van der Waals surface area contributed by atoms with Gasteiger partial charge in [-0.05, 0) is 73.9 Å². The normalized spacial score (nSPS) is 12.4. The molecule has 2 aromatic carbocycles. The summed E-state index contributed by atoms with van der Waals surface area (Å²) < 4.78 is 1.51. The third kappa shape index (κ3) is 73.7. The van der Waals surface area contributed by atoms with E-state index in [1.54, 1.807) is 9.79 Å². The van der Waals surface area contributed by atoms with Gasteiger partial charge < -0.3 is 5.53 Å². The molecule has 0 saturated heterocycles. The maximum atomic E-state index is 11.8. The summed E-state index contributed by atoms with van der Waals surface area (Å²) in [4.78, 5) is 3.10. The number of unbranched alkanes of at least 4 members (excludes halogenated alkanes) is 82. The predicted molar refractivity (Wildman–Crippen MR) is 523 cm³/mol. The third-order valence-corrected chi connectivity index (χ3v) is 28.5. The summed E-state index contributed by atoms with van der Waals surface area (Å²) in [5.74, 6) is 0. The monoisotopic (exact) mass is 1700 g/mol. The van der Waals surface area contributed by atoms with Crippen molar-refractivity contribution in [1.82, 2.24) is 0 Å². The summed E-state index contributed by atoms with van der Waals surface area (Å²) in [6, 6.07) is 18.0. The number of benzene rings is 2. The van der Waals surface area contributed by atoms with Gasteiger partial charge in [0.25, 0.3) is 0 Å². The van der Waals surface area contributed by atoms with Gasteiger partial charge in [0.05, 0.1) is 0 Å². The molecule has 0 radical (unpaired) electrons. The zero-order valence-corrected chi connectivity index (χ0v) is 81.5. The van der Waals surface area contributed by atoms with E-state index in [0.29, 0.717) is 0 Å². The zero-order valence-electron chi connectivity index (χ0n) is 80.0. The number of hydrogen-bond donors (Lipinski definition) is 0. The van der Waals surface area contributed by atoms with Gasteiger partial charge in [0, 0.05) is 22.8 Å². The molecule has 0 atom stereocenters. The van der Waals surface area contributed by atoms with Crippen LogP contribution in [-0.2, 0) is 30.8 Å². The van der Waals surface area contributed by atoms with E-state index >= 15 is 0 Å². The molecule has 0 amide bonds. The maximum absolute atomic E-state index is 11.8. The number of allylic oxidation sites excluding steroid dienone is 2. The first-order chi connectivity index (χ1) is 57.6. The second kappa shape index (κ2) is 92.4. The van der Waals surface area contributed by atoms with Crippen molar-refractivity contribution >= 4 is 11.4 Å². The van der Waals surface area contributed by atoms with E-state index in [0.717, 1.165) is 66.2 Å². The molecular formula is C113H208N2Pd. The van der Waals surface area contributed by atoms with Crippen LogP contribution in [0.2, 0.25) is 9.79 Å². The minimum Gasteiger partial charge on any atom is -0.493 e. The van der Waals surface area contributed by atoms with Crippen molar-refractivity contribution in [3.63, 3.8) is 0 Å². The fourth-order valence-corrected chi connectivity index (χ4v) is 20.3. The van der Waals surface area contributed by atoms with Gasteiger partial charge in [-0.1, -0.05) is 457 Å². The Hall–Kier alpha value is -1.82. The van der Waals surface area contributed by atoms with Gasteiger partial charge >= 0.3 is 169 Å². The molecule has 1 aliphatic rings. The van der Waals surface area contributed by atoms with E-state index in [4.69, 9.17) is 0 Å². The van der Waals surface area contributed by atoms with Gasteiger partial charge in [0.1, 0.15) is 0 Å². The van der Waals surface area contributed by atoms with Crippen molar-refractivity contribution in [2.75, 3.05) is 0 Å². The van der Waals surface area contributed by atoms with E-state index in [-0.39, 0.29) is 0 Å². The molecule has 3 rings (SSSR count). The molecule has 116 heavy (non-hydrogen) atoms. The predicted octanol–water partition coefficient (Wildman–Crippen LogP) is 41.9. The van der Waals surface area contributed by atoms with Crippen LogP contribution >= 0.6 is 0 Å². The van der Waals surface area contributed by atoms with Gasteiger partial charge in [-0.2, -0.15) is 0 Å². The Balaban J connectivity index is 0.000000790. The van der Waals surface area contributed by atoms with Crippen LogP contribution in [0.5, 0.6) is 0 Å². The van der Waals surface area contributed by atoms with Gasteiger partial charge in [0.15, 0.2) is 0 Å². The van der Waals surface area contributed by atoms with Crippen molar-refractivity contribution < 1.29 is 22.7 Å². The quantitative estimate of drug-likeness (QED) is 0.0358. The first-order valence-electron chi connectivity index (χ1n) is 54.2. The summed E-state index contributed by atoms with van der Waals surface area (Å²) >= 11 is 1.05. The van der Waals surface area contributed by atoms with Crippen LogP contribution in [0.25, 0.3) is 16.9 Å². The fourth-order valence-electron chi connectivity index (χ4n) is 18.4. The van der Waals surface area contributed by atoms with E-state index < -0.39 is 0 Å². The SMILES string of the molecule is CCCCCCCCCCCCCCCCCCCCCCCCCCCCC[CH2][Pd][CH2]CCCCCCCCCCCCCCCCCCCCCCCCCCCCC.CCCCCCCCCCCCCCCCc1cccc(C2=CC(CCCCC)=C(c3cccc(CCCCCCCCCCCCCCCC)c3)[N+]2=[N-])c1. The van der Waals surface area contributed by atoms with Crippen LogP contribution in [-0.4, -0.2) is 4.70 Å². The molecule has 1 heterocycles. The summed E-state index contributed by atoms with van der Waals surface area (Å²) in [6.45, 7) is 11.5. The number of aryl methyl sites for hydroxylation is 2. The van der Waals surface area contributed by atoms with Crippen molar-refractivity contribution in [1.29, 1.82) is 0 Å².